The lowest BCUT2D eigenvalue weighted by Crippen LogP contribution is -2.64. The van der Waals surface area contributed by atoms with Crippen molar-refractivity contribution in [3.63, 3.8) is 0 Å². The number of carbonyl (C=O) groups excluding carboxylic acids is 8. The van der Waals surface area contributed by atoms with E-state index in [9.17, 15) is 59.4 Å². The average molecular weight is 1580 g/mol. The van der Waals surface area contributed by atoms with Gasteiger partial charge >= 0.3 is 11.9 Å². The normalized spacial score (nSPS) is 41.7. The number of allylic oxidation sites excluding steroid dienone is 6. The molecule has 4 saturated heterocycles. The Morgan fingerprint density at radius 1 is 0.455 bits per heavy atom. The second-order valence-corrected chi connectivity index (χ2v) is 34.8. The van der Waals surface area contributed by atoms with Crippen molar-refractivity contribution in [1.29, 1.82) is 0 Å². The molecule has 8 rings (SSSR count). The number of piperidine rings is 2. The molecule has 28 atom stereocenters. The maximum Gasteiger partial charge on any atom is 0.329 e. The second-order valence-electron chi connectivity index (χ2n) is 34.8. The lowest BCUT2D eigenvalue weighted by Gasteiger charge is -2.47. The summed E-state index contributed by atoms with van der Waals surface area (Å²) in [4.78, 5) is 122. The van der Waals surface area contributed by atoms with E-state index in [1.165, 1.54) is 42.7 Å². The zero-order chi connectivity index (χ0) is 82.4. The molecule has 634 valence electrons. The summed E-state index contributed by atoms with van der Waals surface area (Å²) in [6, 6.07) is -2.52. The number of hydrogen-bond donors (Lipinski definition) is 6. The topological polar surface area (TPSA) is 357 Å². The van der Waals surface area contributed by atoms with Gasteiger partial charge in [-0.15, -0.1) is 0 Å². The molecule has 0 aromatic heterocycles. The van der Waals surface area contributed by atoms with Crippen molar-refractivity contribution < 1.29 is 116 Å². The van der Waals surface area contributed by atoms with Crippen LogP contribution in [0.25, 0.3) is 0 Å². The van der Waals surface area contributed by atoms with E-state index in [1.807, 2.05) is 52.0 Å². The van der Waals surface area contributed by atoms with E-state index in [4.69, 9.17) is 47.4 Å². The minimum atomic E-state index is -2.63. The van der Waals surface area contributed by atoms with Crippen molar-refractivity contribution in [2.45, 2.75) is 332 Å². The van der Waals surface area contributed by atoms with Gasteiger partial charge in [-0.25, -0.2) is 9.59 Å². The number of fused-ring (bicyclic) bond motifs is 6. The summed E-state index contributed by atoms with van der Waals surface area (Å²) in [5, 5.41) is 71.5. The van der Waals surface area contributed by atoms with Crippen LogP contribution in [0.1, 0.15) is 223 Å². The van der Waals surface area contributed by atoms with Crippen molar-refractivity contribution in [3.8, 4) is 0 Å². The number of cyclic esters (lactones) is 2. The molecule has 26 heteroatoms. The van der Waals surface area contributed by atoms with Crippen LogP contribution in [0.2, 0.25) is 0 Å². The molecule has 6 fully saturated rings. The fourth-order valence-corrected chi connectivity index (χ4v) is 19.3. The monoisotopic (exact) mass is 1580 g/mol. The quantitative estimate of drug-likeness (QED) is 0.0386. The van der Waals surface area contributed by atoms with Crippen molar-refractivity contribution in [2.75, 3.05) is 55.7 Å². The van der Waals surface area contributed by atoms with Gasteiger partial charge in [0.15, 0.2) is 0 Å². The van der Waals surface area contributed by atoms with Crippen molar-refractivity contribution in [2.24, 2.45) is 59.2 Å². The highest BCUT2D eigenvalue weighted by Crippen LogP contribution is 2.43. The molecule has 26 nitrogen and oxygen atoms in total. The summed E-state index contributed by atoms with van der Waals surface area (Å²) < 4.78 is 61.3. The number of hydrogen-bond acceptors (Lipinski definition) is 24. The number of nitrogens with zero attached hydrogens (tertiary/aromatic N) is 2. The van der Waals surface area contributed by atoms with Crippen molar-refractivity contribution in [1.82, 2.24) is 9.80 Å². The summed E-state index contributed by atoms with van der Waals surface area (Å²) in [5.41, 5.74) is 2.82. The summed E-state index contributed by atoms with van der Waals surface area (Å²) in [6.45, 7) is 18.1. The molecule has 0 spiro atoms. The Morgan fingerprint density at radius 2 is 0.795 bits per heavy atom. The molecule has 0 radical (unpaired) electrons. The zero-order valence-electron chi connectivity index (χ0n) is 69.6. The molecular formula is C86H136N2O24. The SMILES string of the molecule is CO[C@H]1C[C@@H](C)C/C(C)=C/[C@@H](CCCC[C@@H]2/C=C(\C)C[C@H](C)C[C@H](OC)[C@H]3O[C@@](O)(C(=O)C(=O)N4CCCC[C@H]4C(=O)O[C@H](/C(C)=C/[C@@H]4CC[C@@H](O)[C@H](OC)C4)[C@H](C)[C@@H](O)CC2=O)[C@H](C)C[C@@H]3OC)C(=O)C[C@H](O)[C@@H](C)[C@@H](/C(C)=C/[C@@H]2CC[C@@H](O)[C@H](OC)C2)OC(=O)C2CCCCN2C(=O)C(=O)[C@]2(O)O[C@H]1[C@@H](OC)C[C@H]2C. The van der Waals surface area contributed by atoms with E-state index in [0.29, 0.717) is 114 Å². The smallest absolute Gasteiger partial charge is 0.329 e. The fraction of sp³-hybridized carbons (Fsp3) is 0.814. The first kappa shape index (κ1) is 92.5. The Labute approximate surface area is 664 Å². The molecule has 0 aromatic rings. The minimum Gasteiger partial charge on any atom is -0.456 e. The van der Waals surface area contributed by atoms with Crippen LogP contribution in [0.3, 0.4) is 0 Å². The molecule has 112 heavy (non-hydrogen) atoms. The number of unbranched alkanes of at least 4 members (excludes halogenated alkanes) is 1. The van der Waals surface area contributed by atoms with E-state index in [0.717, 1.165) is 20.9 Å². The Bertz CT molecular complexity index is 3110. The third kappa shape index (κ3) is 22.6. The molecule has 6 N–H and O–H groups in total. The number of ketones is 4. The van der Waals surface area contributed by atoms with Crippen LogP contribution in [0.4, 0.5) is 0 Å². The second kappa shape index (κ2) is 41.9. The van der Waals surface area contributed by atoms with E-state index < -0.39 is 180 Å². The third-order valence-corrected chi connectivity index (χ3v) is 26.2. The molecule has 8 aliphatic rings. The van der Waals surface area contributed by atoms with Crippen LogP contribution in [-0.2, 0) is 85.7 Å². The highest BCUT2D eigenvalue weighted by atomic mass is 16.7. The van der Waals surface area contributed by atoms with Gasteiger partial charge in [0.1, 0.15) is 48.1 Å². The number of aliphatic hydroxyl groups is 6. The van der Waals surface area contributed by atoms with E-state index in [2.05, 4.69) is 0 Å². The lowest BCUT2D eigenvalue weighted by molar-refractivity contribution is -0.302. The number of amides is 2. The van der Waals surface area contributed by atoms with Gasteiger partial charge in [0.2, 0.25) is 11.6 Å². The Balaban J connectivity index is 1.13. The number of methoxy groups -OCH3 is 6. The van der Waals surface area contributed by atoms with Gasteiger partial charge in [-0.3, -0.25) is 28.8 Å². The van der Waals surface area contributed by atoms with Crippen molar-refractivity contribution >= 4 is 46.9 Å². The first-order chi connectivity index (χ1) is 53.1. The van der Waals surface area contributed by atoms with Crippen LogP contribution in [-0.4, -0.2) is 252 Å². The van der Waals surface area contributed by atoms with Gasteiger partial charge in [-0.05, 0) is 191 Å². The van der Waals surface area contributed by atoms with Crippen LogP contribution >= 0.6 is 0 Å². The molecule has 2 amide bonds. The molecule has 4 bridgehead atoms. The number of rotatable bonds is 15. The number of ether oxygens (including phenoxy) is 10. The summed E-state index contributed by atoms with van der Waals surface area (Å²) in [5.74, 6) is -18.0. The number of esters is 2. The maximum atomic E-state index is 15.4. The van der Waals surface area contributed by atoms with Crippen LogP contribution in [0.5, 0.6) is 0 Å². The number of Topliss-reactive ketones (excluding diaryl/α,β-unsaturated/α-hetero) is 4. The fourth-order valence-electron chi connectivity index (χ4n) is 19.3. The van der Waals surface area contributed by atoms with Crippen LogP contribution < -0.4 is 0 Å². The van der Waals surface area contributed by atoms with Gasteiger partial charge in [0.25, 0.3) is 23.4 Å². The van der Waals surface area contributed by atoms with E-state index in [-0.39, 0.29) is 99.7 Å². The van der Waals surface area contributed by atoms with Gasteiger partial charge in [-0.2, -0.15) is 0 Å². The number of aliphatic hydroxyl groups excluding tert-OH is 4. The molecule has 2 aliphatic carbocycles. The van der Waals surface area contributed by atoms with E-state index >= 15 is 9.59 Å². The Hall–Kier alpha value is -5.04. The van der Waals surface area contributed by atoms with Gasteiger partial charge in [0, 0.05) is 104 Å². The molecule has 2 saturated carbocycles. The molecular weight excluding hydrogens is 1440 g/mol. The maximum absolute atomic E-state index is 15.4. The summed E-state index contributed by atoms with van der Waals surface area (Å²) in [7, 11) is 9.07. The summed E-state index contributed by atoms with van der Waals surface area (Å²) >= 11 is 0. The molecule has 6 aliphatic heterocycles. The Kier molecular flexibility index (Phi) is 34.6. The average Bonchev–Trinajstić information content (AvgIpc) is 0.788. The number of carbonyl (C=O) groups is 8. The predicted molar refractivity (Wildman–Crippen MR) is 414 cm³/mol. The molecule has 0 aromatic carbocycles. The minimum absolute atomic E-state index is 0.00621. The van der Waals surface area contributed by atoms with E-state index in [1.54, 1.807) is 41.5 Å². The predicted octanol–water partition coefficient (Wildman–Crippen LogP) is 8.70. The lowest BCUT2D eigenvalue weighted by atomic mass is 9.81. The molecule has 1 unspecified atom stereocenters. The van der Waals surface area contributed by atoms with Crippen LogP contribution in [0.15, 0.2) is 46.6 Å². The van der Waals surface area contributed by atoms with Gasteiger partial charge in [-0.1, -0.05) is 89.8 Å². The first-order valence-electron chi connectivity index (χ1n) is 41.6. The largest absolute Gasteiger partial charge is 0.456 e. The Morgan fingerprint density at radius 3 is 1.13 bits per heavy atom. The third-order valence-electron chi connectivity index (χ3n) is 26.2. The van der Waals surface area contributed by atoms with Crippen molar-refractivity contribution in [3.05, 3.63) is 46.6 Å². The molecule has 6 heterocycles. The van der Waals surface area contributed by atoms with Gasteiger partial charge in [0.05, 0.1) is 61.0 Å². The standard InChI is InChI=1S/C86H136N2O24/c1-47-33-49(3)37-71(105-13)77-73(107-15)41-53(7)85(101,111-77)79(95)81(97)87-31-21-19-25-61(87)83(99)109-75(51(5)39-57-27-29-63(89)69(43-57)103-11)55(9)65(91)45-67(93)59(35-47)23-17-18-24-60-36-48(2)34-50(4)38-72(106-14)78-74(108-16)42-54(8)86(102,112-78)80(96)82(98)88-32-22-20-26-62(88)84(100)110-76(56(10)66(92)46-68(60)94)52(6)40-58-28-30-64(90)70(44-58)104-12/h35-36,39-40,49-50,53-66,69-78,89-92,101-102H,17-34,37-38,41-46H2,1-16H3/b47-35+,48-36+,51-39+,52-40+/t49-,50-,53+,54+,55+,56+,57-,58-,59+,60+,61-,62?,63+,64+,65-,66-,69+,70+,71-,72-,73-,74-,75+,76+,77+,78+,85+,86+/m0/s1. The van der Waals surface area contributed by atoms with Crippen LogP contribution in [0, 0.1) is 59.2 Å². The zero-order valence-corrected chi connectivity index (χ0v) is 69.6. The highest BCUT2D eigenvalue weighted by Gasteiger charge is 2.59. The van der Waals surface area contributed by atoms with Gasteiger partial charge < -0.3 is 87.8 Å². The first-order valence-corrected chi connectivity index (χ1v) is 41.6. The highest BCUT2D eigenvalue weighted by molar-refractivity contribution is 6.39. The summed E-state index contributed by atoms with van der Waals surface area (Å²) in [6.07, 6.45) is 3.22.